The van der Waals surface area contributed by atoms with E-state index >= 15 is 0 Å². The van der Waals surface area contributed by atoms with E-state index in [1.54, 1.807) is 0 Å². The molecule has 1 aliphatic heterocycles. The Morgan fingerprint density at radius 2 is 1.56 bits per heavy atom. The van der Waals surface area contributed by atoms with E-state index in [2.05, 4.69) is 49.5 Å². The maximum Gasteiger partial charge on any atom is 0.254 e. The molecule has 142 valence electrons. The number of aryl methyl sites for hydroxylation is 4. The normalized spacial score (nSPS) is 19.2. The number of hydrogen-bond donors (Lipinski definition) is 1. The molecule has 1 heterocycles. The van der Waals surface area contributed by atoms with E-state index in [0.29, 0.717) is 13.1 Å². The number of carbonyl (C=O) groups is 2. The molecule has 2 aromatic carbocycles. The summed E-state index contributed by atoms with van der Waals surface area (Å²) in [7, 11) is 0. The van der Waals surface area contributed by atoms with Crippen LogP contribution in [0.3, 0.4) is 0 Å². The number of amides is 2. The first-order valence-corrected chi connectivity index (χ1v) is 9.47. The molecule has 2 atom stereocenters. The highest BCUT2D eigenvalue weighted by molar-refractivity contribution is 5.96. The Kier molecular flexibility index (Phi) is 5.36. The van der Waals surface area contributed by atoms with E-state index < -0.39 is 0 Å². The van der Waals surface area contributed by atoms with Crippen molar-refractivity contribution in [3.63, 3.8) is 0 Å². The Hall–Kier alpha value is -2.62. The summed E-state index contributed by atoms with van der Waals surface area (Å²) in [6.45, 7) is 10.8. The van der Waals surface area contributed by atoms with Crippen molar-refractivity contribution < 1.29 is 9.59 Å². The van der Waals surface area contributed by atoms with E-state index in [1.807, 2.05) is 24.8 Å². The van der Waals surface area contributed by atoms with Crippen LogP contribution in [-0.2, 0) is 4.79 Å². The van der Waals surface area contributed by atoms with Crippen molar-refractivity contribution in [3.8, 4) is 0 Å². The van der Waals surface area contributed by atoms with E-state index in [-0.39, 0.29) is 23.8 Å². The summed E-state index contributed by atoms with van der Waals surface area (Å²) in [5.74, 6) is 0.0830. The van der Waals surface area contributed by atoms with Gasteiger partial charge in [0.1, 0.15) is 0 Å². The molecular formula is C23H28N2O2. The average Bonchev–Trinajstić information content (AvgIpc) is 3.01. The standard InChI is InChI=1S/C23H28N2O2/c1-14-6-8-19(9-7-14)21-12-25(13-22(21)24-18(5)26)23(27)20-11-16(3)15(2)10-17(20)4/h6-11,21-22H,12-13H2,1-5H3,(H,24,26)/t21-,22+/m0/s1. The first-order chi connectivity index (χ1) is 12.8. The Morgan fingerprint density at radius 3 is 2.19 bits per heavy atom. The van der Waals surface area contributed by atoms with Gasteiger partial charge >= 0.3 is 0 Å². The molecule has 4 heteroatoms. The van der Waals surface area contributed by atoms with Crippen LogP contribution < -0.4 is 5.32 Å². The van der Waals surface area contributed by atoms with Crippen molar-refractivity contribution >= 4 is 11.8 Å². The number of carbonyl (C=O) groups excluding carboxylic acids is 2. The van der Waals surface area contributed by atoms with Gasteiger partial charge in [0.15, 0.2) is 0 Å². The largest absolute Gasteiger partial charge is 0.351 e. The van der Waals surface area contributed by atoms with E-state index in [1.165, 1.54) is 18.1 Å². The molecule has 0 aromatic heterocycles. The molecule has 0 bridgehead atoms. The zero-order valence-electron chi connectivity index (χ0n) is 16.8. The van der Waals surface area contributed by atoms with Gasteiger partial charge in [-0.05, 0) is 56.0 Å². The molecule has 0 saturated carbocycles. The third-order valence-corrected chi connectivity index (χ3v) is 5.57. The van der Waals surface area contributed by atoms with E-state index in [4.69, 9.17) is 0 Å². The van der Waals surface area contributed by atoms with Gasteiger partial charge in [-0.1, -0.05) is 35.9 Å². The maximum atomic E-state index is 13.2. The summed E-state index contributed by atoms with van der Waals surface area (Å²) in [6, 6.07) is 12.4. The Balaban J connectivity index is 1.89. The van der Waals surface area contributed by atoms with Gasteiger partial charge in [0, 0.05) is 31.5 Å². The SMILES string of the molecule is CC(=O)N[C@@H]1CN(C(=O)c2cc(C)c(C)cc2C)C[C@H]1c1ccc(C)cc1. The highest BCUT2D eigenvalue weighted by atomic mass is 16.2. The molecule has 1 aliphatic rings. The summed E-state index contributed by atoms with van der Waals surface area (Å²) in [4.78, 5) is 26.8. The molecular weight excluding hydrogens is 336 g/mol. The third kappa shape index (κ3) is 4.05. The lowest BCUT2D eigenvalue weighted by atomic mass is 9.93. The summed E-state index contributed by atoms with van der Waals surface area (Å²) in [5.41, 5.74) is 6.43. The Morgan fingerprint density at radius 1 is 0.926 bits per heavy atom. The predicted molar refractivity (Wildman–Crippen MR) is 108 cm³/mol. The van der Waals surface area contributed by atoms with Crippen LogP contribution in [0.15, 0.2) is 36.4 Å². The molecule has 2 aromatic rings. The van der Waals surface area contributed by atoms with Crippen molar-refractivity contribution in [2.24, 2.45) is 0 Å². The van der Waals surface area contributed by atoms with E-state index in [9.17, 15) is 9.59 Å². The minimum atomic E-state index is -0.0685. The van der Waals surface area contributed by atoms with Crippen LogP contribution in [0.5, 0.6) is 0 Å². The number of nitrogens with one attached hydrogen (secondary N) is 1. The van der Waals surface area contributed by atoms with Crippen LogP contribution in [0.2, 0.25) is 0 Å². The summed E-state index contributed by atoms with van der Waals surface area (Å²) < 4.78 is 0. The second-order valence-electron chi connectivity index (χ2n) is 7.79. The molecule has 2 amide bonds. The average molecular weight is 364 g/mol. The number of rotatable bonds is 3. The lowest BCUT2D eigenvalue weighted by Crippen LogP contribution is -2.39. The smallest absolute Gasteiger partial charge is 0.254 e. The van der Waals surface area contributed by atoms with Crippen molar-refractivity contribution in [2.75, 3.05) is 13.1 Å². The van der Waals surface area contributed by atoms with Crippen molar-refractivity contribution in [1.29, 1.82) is 0 Å². The van der Waals surface area contributed by atoms with Crippen LogP contribution in [0.25, 0.3) is 0 Å². The van der Waals surface area contributed by atoms with Gasteiger partial charge < -0.3 is 10.2 Å². The molecule has 0 spiro atoms. The lowest BCUT2D eigenvalue weighted by molar-refractivity contribution is -0.119. The highest BCUT2D eigenvalue weighted by Gasteiger charge is 2.37. The topological polar surface area (TPSA) is 49.4 Å². The molecule has 0 unspecified atom stereocenters. The fraction of sp³-hybridized carbons (Fsp3) is 0.391. The van der Waals surface area contributed by atoms with Crippen LogP contribution >= 0.6 is 0 Å². The monoisotopic (exact) mass is 364 g/mol. The van der Waals surface area contributed by atoms with Crippen LogP contribution in [0, 0.1) is 27.7 Å². The second-order valence-corrected chi connectivity index (χ2v) is 7.79. The minimum Gasteiger partial charge on any atom is -0.351 e. The molecule has 1 N–H and O–H groups in total. The van der Waals surface area contributed by atoms with Gasteiger partial charge in [-0.25, -0.2) is 0 Å². The van der Waals surface area contributed by atoms with E-state index in [0.717, 1.165) is 22.3 Å². The molecule has 1 saturated heterocycles. The van der Waals surface area contributed by atoms with Gasteiger partial charge in [0.2, 0.25) is 5.91 Å². The van der Waals surface area contributed by atoms with Gasteiger partial charge in [0.25, 0.3) is 5.91 Å². The van der Waals surface area contributed by atoms with Gasteiger partial charge in [-0.2, -0.15) is 0 Å². The fourth-order valence-corrected chi connectivity index (χ4v) is 3.89. The third-order valence-electron chi connectivity index (χ3n) is 5.57. The van der Waals surface area contributed by atoms with Gasteiger partial charge in [0.05, 0.1) is 6.04 Å². The highest BCUT2D eigenvalue weighted by Crippen LogP contribution is 2.30. The summed E-state index contributed by atoms with van der Waals surface area (Å²) in [6.07, 6.45) is 0. The quantitative estimate of drug-likeness (QED) is 0.903. The molecule has 1 fully saturated rings. The van der Waals surface area contributed by atoms with Crippen LogP contribution in [0.1, 0.15) is 51.0 Å². The minimum absolute atomic E-state index is 0.0422. The first kappa shape index (κ1) is 19.2. The molecule has 0 radical (unpaired) electrons. The van der Waals surface area contributed by atoms with Crippen molar-refractivity contribution in [3.05, 3.63) is 69.8 Å². The zero-order chi connectivity index (χ0) is 19.7. The second kappa shape index (κ2) is 7.55. The lowest BCUT2D eigenvalue weighted by Gasteiger charge is -2.19. The van der Waals surface area contributed by atoms with Crippen LogP contribution in [-0.4, -0.2) is 35.8 Å². The molecule has 0 aliphatic carbocycles. The first-order valence-electron chi connectivity index (χ1n) is 9.47. The fourth-order valence-electron chi connectivity index (χ4n) is 3.89. The molecule has 3 rings (SSSR count). The summed E-state index contributed by atoms with van der Waals surface area (Å²) >= 11 is 0. The Labute approximate surface area is 161 Å². The number of likely N-dealkylation sites (tertiary alicyclic amines) is 1. The summed E-state index contributed by atoms with van der Waals surface area (Å²) in [5, 5.41) is 3.04. The maximum absolute atomic E-state index is 13.2. The van der Waals surface area contributed by atoms with Crippen molar-refractivity contribution in [2.45, 2.75) is 46.6 Å². The zero-order valence-corrected chi connectivity index (χ0v) is 16.8. The predicted octanol–water partition coefficient (Wildman–Crippen LogP) is 3.66. The Bertz CT molecular complexity index is 871. The number of hydrogen-bond acceptors (Lipinski definition) is 2. The van der Waals surface area contributed by atoms with Gasteiger partial charge in [-0.3, -0.25) is 9.59 Å². The van der Waals surface area contributed by atoms with Gasteiger partial charge in [-0.15, -0.1) is 0 Å². The van der Waals surface area contributed by atoms with Crippen molar-refractivity contribution in [1.82, 2.24) is 10.2 Å². The molecule has 4 nitrogen and oxygen atoms in total. The molecule has 27 heavy (non-hydrogen) atoms. The number of benzene rings is 2. The van der Waals surface area contributed by atoms with Crippen LogP contribution in [0.4, 0.5) is 0 Å². The number of nitrogens with zero attached hydrogens (tertiary/aromatic N) is 1.